The molecule has 3 heteroatoms. The topological polar surface area (TPSA) is 39.4 Å². The van der Waals surface area contributed by atoms with Crippen LogP contribution in [-0.4, -0.2) is 6.61 Å². The molecule has 1 saturated heterocycles. The molecule has 25 heavy (non-hydrogen) atoms. The second-order valence-electron chi connectivity index (χ2n) is 6.96. The van der Waals surface area contributed by atoms with E-state index in [2.05, 4.69) is 32.0 Å². The van der Waals surface area contributed by atoms with E-state index in [0.717, 1.165) is 29.4 Å². The van der Waals surface area contributed by atoms with Gasteiger partial charge in [-0.1, -0.05) is 50.2 Å². The Balaban J connectivity index is 2.08. The van der Waals surface area contributed by atoms with Crippen LogP contribution < -0.4 is 5.63 Å². The van der Waals surface area contributed by atoms with E-state index >= 15 is 0 Å². The van der Waals surface area contributed by atoms with E-state index in [9.17, 15) is 4.79 Å². The molecule has 0 saturated carbocycles. The summed E-state index contributed by atoms with van der Waals surface area (Å²) in [7, 11) is 0. The number of ether oxygens (including phenoxy) is 1. The van der Waals surface area contributed by atoms with Gasteiger partial charge in [-0.15, -0.1) is 0 Å². The van der Waals surface area contributed by atoms with Crippen molar-refractivity contribution in [2.75, 3.05) is 6.61 Å². The van der Waals surface area contributed by atoms with Crippen LogP contribution in [0.4, 0.5) is 0 Å². The van der Waals surface area contributed by atoms with Gasteiger partial charge < -0.3 is 9.15 Å². The summed E-state index contributed by atoms with van der Waals surface area (Å²) in [5.41, 5.74) is 4.24. The van der Waals surface area contributed by atoms with Crippen molar-refractivity contribution < 1.29 is 9.15 Å². The van der Waals surface area contributed by atoms with Gasteiger partial charge in [0.05, 0.1) is 11.7 Å². The van der Waals surface area contributed by atoms with Gasteiger partial charge >= 0.3 is 5.63 Å². The number of benzene rings is 2. The Morgan fingerprint density at radius 3 is 2.56 bits per heavy atom. The van der Waals surface area contributed by atoms with Crippen LogP contribution in [-0.2, 0) is 4.74 Å². The summed E-state index contributed by atoms with van der Waals surface area (Å²) < 4.78 is 11.5. The van der Waals surface area contributed by atoms with Crippen LogP contribution in [0.15, 0.2) is 57.7 Å². The van der Waals surface area contributed by atoms with Gasteiger partial charge in [-0.2, -0.15) is 0 Å². The summed E-state index contributed by atoms with van der Waals surface area (Å²) in [4.78, 5) is 12.8. The molecule has 4 rings (SSSR count). The fraction of sp³-hybridized carbons (Fsp3) is 0.318. The first-order valence-corrected chi connectivity index (χ1v) is 8.93. The highest BCUT2D eigenvalue weighted by atomic mass is 16.5. The molecule has 1 aliphatic heterocycles. The van der Waals surface area contributed by atoms with E-state index in [1.807, 2.05) is 30.3 Å². The van der Waals surface area contributed by atoms with Crippen molar-refractivity contribution in [3.63, 3.8) is 0 Å². The second kappa shape index (κ2) is 6.49. The number of hydrogen-bond acceptors (Lipinski definition) is 3. The Morgan fingerprint density at radius 2 is 1.88 bits per heavy atom. The highest BCUT2D eigenvalue weighted by Gasteiger charge is 2.27. The molecule has 0 amide bonds. The molecule has 0 bridgehead atoms. The number of fused-ring (bicyclic) bond motifs is 1. The summed E-state index contributed by atoms with van der Waals surface area (Å²) in [6.07, 6.45) is 1.65. The highest BCUT2D eigenvalue weighted by molar-refractivity contribution is 5.95. The average Bonchev–Trinajstić information content (AvgIpc) is 3.15. The Morgan fingerprint density at radius 1 is 1.08 bits per heavy atom. The van der Waals surface area contributed by atoms with Crippen LogP contribution >= 0.6 is 0 Å². The van der Waals surface area contributed by atoms with Crippen molar-refractivity contribution in [2.45, 2.75) is 38.7 Å². The maximum atomic E-state index is 12.8. The maximum Gasteiger partial charge on any atom is 0.342 e. The summed E-state index contributed by atoms with van der Waals surface area (Å²) in [5.74, 6) is 0.408. The molecule has 0 aliphatic carbocycles. The zero-order chi connectivity index (χ0) is 17.4. The lowest BCUT2D eigenvalue weighted by molar-refractivity contribution is 0.110. The predicted molar refractivity (Wildman–Crippen MR) is 99.9 cm³/mol. The third-order valence-electron chi connectivity index (χ3n) is 4.95. The normalized spacial score (nSPS) is 17.5. The Hall–Kier alpha value is -2.39. The minimum atomic E-state index is -0.282. The van der Waals surface area contributed by atoms with Gasteiger partial charge in [0.25, 0.3) is 0 Å². The van der Waals surface area contributed by atoms with E-state index in [1.165, 1.54) is 5.56 Å². The van der Waals surface area contributed by atoms with Crippen LogP contribution in [0.25, 0.3) is 22.1 Å². The van der Waals surface area contributed by atoms with Crippen molar-refractivity contribution in [3.05, 3.63) is 70.1 Å². The molecule has 2 heterocycles. The fourth-order valence-electron chi connectivity index (χ4n) is 3.61. The molecule has 1 fully saturated rings. The molecule has 1 aromatic heterocycles. The van der Waals surface area contributed by atoms with Crippen molar-refractivity contribution in [1.82, 2.24) is 0 Å². The quantitative estimate of drug-likeness (QED) is 0.599. The van der Waals surface area contributed by atoms with Crippen LogP contribution in [0.3, 0.4) is 0 Å². The van der Waals surface area contributed by atoms with E-state index < -0.39 is 0 Å². The predicted octanol–water partition coefficient (Wildman–Crippen LogP) is 5.43. The number of rotatable bonds is 3. The zero-order valence-corrected chi connectivity index (χ0v) is 14.6. The van der Waals surface area contributed by atoms with Crippen LogP contribution in [0.1, 0.15) is 49.8 Å². The zero-order valence-electron chi connectivity index (χ0n) is 14.6. The summed E-state index contributed by atoms with van der Waals surface area (Å²) in [5, 5.41) is 0.988. The van der Waals surface area contributed by atoms with Crippen molar-refractivity contribution in [1.29, 1.82) is 0 Å². The van der Waals surface area contributed by atoms with Crippen LogP contribution in [0.5, 0.6) is 0 Å². The molecule has 0 radical (unpaired) electrons. The van der Waals surface area contributed by atoms with E-state index in [4.69, 9.17) is 9.15 Å². The number of hydrogen-bond donors (Lipinski definition) is 0. The molecule has 1 atom stereocenters. The minimum absolute atomic E-state index is 0.182. The lowest BCUT2D eigenvalue weighted by Gasteiger charge is -2.17. The SMILES string of the molecule is CC(C)c1ccc2oc(=O)c(C3CCCO3)c(-c3ccccc3)c2c1. The third kappa shape index (κ3) is 2.89. The monoisotopic (exact) mass is 334 g/mol. The smallest absolute Gasteiger partial charge is 0.342 e. The van der Waals surface area contributed by atoms with Gasteiger partial charge in [0.15, 0.2) is 0 Å². The molecule has 3 nitrogen and oxygen atoms in total. The molecule has 128 valence electrons. The molecule has 0 spiro atoms. The summed E-state index contributed by atoms with van der Waals surface area (Å²) >= 11 is 0. The molecule has 3 aromatic rings. The van der Waals surface area contributed by atoms with E-state index in [1.54, 1.807) is 0 Å². The summed E-state index contributed by atoms with van der Waals surface area (Å²) in [6.45, 7) is 5.04. The second-order valence-corrected chi connectivity index (χ2v) is 6.96. The van der Waals surface area contributed by atoms with Crippen LogP contribution in [0, 0.1) is 0 Å². The van der Waals surface area contributed by atoms with Gasteiger partial charge in [0.1, 0.15) is 5.58 Å². The fourth-order valence-corrected chi connectivity index (χ4v) is 3.61. The Labute approximate surface area is 147 Å². The van der Waals surface area contributed by atoms with E-state index in [-0.39, 0.29) is 11.7 Å². The standard InChI is InChI=1S/C22H22O3/c1-14(2)16-10-11-18-17(13-16)20(15-7-4-3-5-8-15)21(22(23)25-18)19-9-6-12-24-19/h3-5,7-8,10-11,13-14,19H,6,9,12H2,1-2H3. The van der Waals surface area contributed by atoms with Crippen molar-refractivity contribution in [2.24, 2.45) is 0 Å². The molecule has 0 N–H and O–H groups in total. The first-order chi connectivity index (χ1) is 12.1. The lowest BCUT2D eigenvalue weighted by atomic mass is 9.91. The van der Waals surface area contributed by atoms with E-state index in [0.29, 0.717) is 23.7 Å². The minimum Gasteiger partial charge on any atom is -0.422 e. The van der Waals surface area contributed by atoms with Gasteiger partial charge in [-0.05, 0) is 42.0 Å². The first kappa shape index (κ1) is 16.1. The maximum absolute atomic E-state index is 12.8. The average molecular weight is 334 g/mol. The third-order valence-corrected chi connectivity index (χ3v) is 4.95. The van der Waals surface area contributed by atoms with Crippen molar-refractivity contribution >= 4 is 11.0 Å². The molecule has 1 unspecified atom stereocenters. The van der Waals surface area contributed by atoms with Crippen molar-refractivity contribution in [3.8, 4) is 11.1 Å². The largest absolute Gasteiger partial charge is 0.422 e. The molecule has 1 aliphatic rings. The molecular weight excluding hydrogens is 312 g/mol. The summed E-state index contributed by atoms with van der Waals surface area (Å²) in [6, 6.07) is 16.2. The van der Waals surface area contributed by atoms with Gasteiger partial charge in [-0.25, -0.2) is 4.79 Å². The van der Waals surface area contributed by atoms with Gasteiger partial charge in [-0.3, -0.25) is 0 Å². The Bertz CT molecular complexity index is 948. The molecular formula is C22H22O3. The van der Waals surface area contributed by atoms with Gasteiger partial charge in [0.2, 0.25) is 0 Å². The Kier molecular flexibility index (Phi) is 4.18. The first-order valence-electron chi connectivity index (χ1n) is 8.93. The molecule has 2 aromatic carbocycles. The highest BCUT2D eigenvalue weighted by Crippen LogP contribution is 2.38. The van der Waals surface area contributed by atoms with Crippen LogP contribution in [0.2, 0.25) is 0 Å². The van der Waals surface area contributed by atoms with Gasteiger partial charge in [0, 0.05) is 17.6 Å². The lowest BCUT2D eigenvalue weighted by Crippen LogP contribution is -2.14.